The molecule has 0 amide bonds. The van der Waals surface area contributed by atoms with E-state index in [1.165, 1.54) is 11.1 Å². The lowest BCUT2D eigenvalue weighted by atomic mass is 10.0. The predicted molar refractivity (Wildman–Crippen MR) is 113 cm³/mol. The van der Waals surface area contributed by atoms with Gasteiger partial charge in [0.1, 0.15) is 6.29 Å². The second-order valence-corrected chi connectivity index (χ2v) is 8.47. The Bertz CT molecular complexity index is 971. The Hall–Kier alpha value is -1.95. The maximum atomic E-state index is 11.1. The van der Waals surface area contributed by atoms with Gasteiger partial charge in [-0.25, -0.2) is 4.98 Å². The van der Waals surface area contributed by atoms with Crippen LogP contribution in [-0.2, 0) is 6.54 Å². The average Bonchev–Trinajstić information content (AvgIpc) is 2.94. The van der Waals surface area contributed by atoms with E-state index in [1.807, 2.05) is 36.4 Å². The van der Waals surface area contributed by atoms with Crippen molar-refractivity contribution in [3.05, 3.63) is 58.1 Å². The van der Waals surface area contributed by atoms with Crippen LogP contribution in [0.15, 0.2) is 36.4 Å². The van der Waals surface area contributed by atoms with Crippen molar-refractivity contribution in [3.8, 4) is 0 Å². The fourth-order valence-corrected chi connectivity index (χ4v) is 4.81. The van der Waals surface area contributed by atoms with Gasteiger partial charge in [0.2, 0.25) is 0 Å². The molecule has 0 saturated carbocycles. The first-order chi connectivity index (χ1) is 13.1. The van der Waals surface area contributed by atoms with E-state index in [4.69, 9.17) is 16.6 Å². The number of aryl methyl sites for hydroxylation is 1. The van der Waals surface area contributed by atoms with Gasteiger partial charge in [-0.15, -0.1) is 0 Å². The number of aldehydes is 1. The second-order valence-electron chi connectivity index (χ2n) is 7.03. The third-order valence-corrected chi connectivity index (χ3v) is 6.42. The first-order valence-corrected chi connectivity index (χ1v) is 10.4. The molecule has 0 atom stereocenters. The summed E-state index contributed by atoms with van der Waals surface area (Å²) in [4.78, 5) is 20.7. The van der Waals surface area contributed by atoms with E-state index in [0.29, 0.717) is 0 Å². The summed E-state index contributed by atoms with van der Waals surface area (Å²) in [6.07, 6.45) is 2.02. The van der Waals surface area contributed by atoms with Crippen LogP contribution in [0.5, 0.6) is 0 Å². The van der Waals surface area contributed by atoms with E-state index in [0.717, 1.165) is 71.4 Å². The van der Waals surface area contributed by atoms with Gasteiger partial charge in [-0.3, -0.25) is 9.69 Å². The normalized spacial score (nSPS) is 15.9. The highest BCUT2D eigenvalue weighted by atomic mass is 35.5. The monoisotopic (exact) mass is 399 g/mol. The number of nitrogens with zero attached hydrogens (tertiary/aromatic N) is 3. The number of benzene rings is 2. The topological polar surface area (TPSA) is 36.4 Å². The molecule has 140 valence electrons. The van der Waals surface area contributed by atoms with Crippen LogP contribution in [0.2, 0.25) is 5.02 Å². The Morgan fingerprint density at radius 3 is 2.89 bits per heavy atom. The van der Waals surface area contributed by atoms with E-state index in [-0.39, 0.29) is 0 Å². The van der Waals surface area contributed by atoms with Crippen LogP contribution >= 0.6 is 22.9 Å². The number of hydrogen-bond donors (Lipinski definition) is 0. The van der Waals surface area contributed by atoms with Crippen LogP contribution in [0, 0.1) is 6.92 Å². The largest absolute Gasteiger partial charge is 0.347 e. The minimum Gasteiger partial charge on any atom is -0.347 e. The standard InChI is InChI=1S/C21H22ClN3OS/c1-15-3-4-16(14-26)11-17(15)13-24-7-2-8-25(10-9-24)21-23-19-6-5-18(22)12-20(19)27-21/h3-6,11-12,14H,2,7-10,13H2,1H3. The fourth-order valence-electron chi connectivity index (χ4n) is 3.52. The van der Waals surface area contributed by atoms with Crippen LogP contribution in [0.3, 0.4) is 0 Å². The van der Waals surface area contributed by atoms with E-state index < -0.39 is 0 Å². The summed E-state index contributed by atoms with van der Waals surface area (Å²) in [5, 5.41) is 1.83. The number of anilines is 1. The maximum Gasteiger partial charge on any atom is 0.186 e. The number of carbonyl (C=O) groups excluding carboxylic acids is 1. The summed E-state index contributed by atoms with van der Waals surface area (Å²) in [5.74, 6) is 0. The Kier molecular flexibility index (Phi) is 5.43. The Morgan fingerprint density at radius 2 is 2.04 bits per heavy atom. The first kappa shape index (κ1) is 18.4. The summed E-state index contributed by atoms with van der Waals surface area (Å²) < 4.78 is 1.14. The number of carbonyl (C=O) groups is 1. The lowest BCUT2D eigenvalue weighted by molar-refractivity contribution is 0.112. The zero-order chi connectivity index (χ0) is 18.8. The van der Waals surface area contributed by atoms with Crippen LogP contribution in [-0.4, -0.2) is 42.3 Å². The van der Waals surface area contributed by atoms with E-state index in [2.05, 4.69) is 16.7 Å². The SMILES string of the molecule is Cc1ccc(C=O)cc1CN1CCCN(c2nc3ccc(Cl)cc3s2)CC1. The molecule has 4 nitrogen and oxygen atoms in total. The molecule has 1 aromatic heterocycles. The summed E-state index contributed by atoms with van der Waals surface area (Å²) in [6.45, 7) is 7.01. The summed E-state index contributed by atoms with van der Waals surface area (Å²) >= 11 is 7.82. The van der Waals surface area contributed by atoms with Crippen molar-refractivity contribution in [3.63, 3.8) is 0 Å². The van der Waals surface area contributed by atoms with Crippen molar-refractivity contribution < 1.29 is 4.79 Å². The molecule has 3 aromatic rings. The lowest BCUT2D eigenvalue weighted by Crippen LogP contribution is -2.30. The molecule has 0 N–H and O–H groups in total. The van der Waals surface area contributed by atoms with Gasteiger partial charge in [0, 0.05) is 43.3 Å². The minimum absolute atomic E-state index is 0.750. The third-order valence-electron chi connectivity index (χ3n) is 5.10. The van der Waals surface area contributed by atoms with E-state index in [1.54, 1.807) is 11.3 Å². The Balaban J connectivity index is 1.46. The van der Waals surface area contributed by atoms with Gasteiger partial charge in [0.25, 0.3) is 0 Å². The molecule has 0 unspecified atom stereocenters. The van der Waals surface area contributed by atoms with Gasteiger partial charge in [-0.2, -0.15) is 0 Å². The lowest BCUT2D eigenvalue weighted by Gasteiger charge is -2.22. The molecule has 1 fully saturated rings. The van der Waals surface area contributed by atoms with Gasteiger partial charge in [-0.05, 0) is 48.7 Å². The number of hydrogen-bond acceptors (Lipinski definition) is 5. The molecule has 2 aromatic carbocycles. The summed E-state index contributed by atoms with van der Waals surface area (Å²) in [6, 6.07) is 11.8. The van der Waals surface area contributed by atoms with Crippen molar-refractivity contribution in [1.82, 2.24) is 9.88 Å². The Labute approximate surface area is 168 Å². The molecule has 6 heteroatoms. The van der Waals surface area contributed by atoms with Gasteiger partial charge in [0.15, 0.2) is 5.13 Å². The first-order valence-electron chi connectivity index (χ1n) is 9.20. The van der Waals surface area contributed by atoms with Crippen molar-refractivity contribution >= 4 is 44.6 Å². The molecule has 4 rings (SSSR count). The highest BCUT2D eigenvalue weighted by Crippen LogP contribution is 2.31. The van der Waals surface area contributed by atoms with Crippen LogP contribution < -0.4 is 4.90 Å². The maximum absolute atomic E-state index is 11.1. The molecular weight excluding hydrogens is 378 g/mol. The van der Waals surface area contributed by atoms with Crippen molar-refractivity contribution in [2.45, 2.75) is 19.9 Å². The van der Waals surface area contributed by atoms with E-state index in [9.17, 15) is 4.79 Å². The molecular formula is C21H22ClN3OS. The Morgan fingerprint density at radius 1 is 1.15 bits per heavy atom. The quantitative estimate of drug-likeness (QED) is 0.591. The number of aromatic nitrogens is 1. The molecule has 2 heterocycles. The van der Waals surface area contributed by atoms with Crippen LogP contribution in [0.1, 0.15) is 27.9 Å². The summed E-state index contributed by atoms with van der Waals surface area (Å²) in [7, 11) is 0. The molecule has 0 radical (unpaired) electrons. The van der Waals surface area contributed by atoms with Crippen molar-refractivity contribution in [1.29, 1.82) is 0 Å². The second kappa shape index (κ2) is 7.97. The van der Waals surface area contributed by atoms with Crippen LogP contribution in [0.25, 0.3) is 10.2 Å². The number of thiazole rings is 1. The molecule has 27 heavy (non-hydrogen) atoms. The zero-order valence-electron chi connectivity index (χ0n) is 15.3. The third kappa shape index (κ3) is 4.15. The molecule has 0 aliphatic carbocycles. The van der Waals surface area contributed by atoms with Crippen LogP contribution in [0.4, 0.5) is 5.13 Å². The van der Waals surface area contributed by atoms with Crippen molar-refractivity contribution in [2.75, 3.05) is 31.1 Å². The summed E-state index contributed by atoms with van der Waals surface area (Å²) in [5.41, 5.74) is 4.24. The zero-order valence-corrected chi connectivity index (χ0v) is 16.9. The predicted octanol–water partition coefficient (Wildman–Crippen LogP) is 4.78. The molecule has 1 aliphatic rings. The van der Waals surface area contributed by atoms with Gasteiger partial charge in [-0.1, -0.05) is 35.1 Å². The molecule has 0 spiro atoms. The smallest absolute Gasteiger partial charge is 0.186 e. The van der Waals surface area contributed by atoms with Gasteiger partial charge >= 0.3 is 0 Å². The molecule has 0 bridgehead atoms. The fraction of sp³-hybridized carbons (Fsp3) is 0.333. The average molecular weight is 400 g/mol. The highest BCUT2D eigenvalue weighted by molar-refractivity contribution is 7.22. The number of halogens is 1. The van der Waals surface area contributed by atoms with Gasteiger partial charge < -0.3 is 4.90 Å². The highest BCUT2D eigenvalue weighted by Gasteiger charge is 2.18. The van der Waals surface area contributed by atoms with Gasteiger partial charge in [0.05, 0.1) is 10.2 Å². The molecule has 1 saturated heterocycles. The number of fused-ring (bicyclic) bond motifs is 1. The minimum atomic E-state index is 0.750. The molecule has 1 aliphatic heterocycles. The van der Waals surface area contributed by atoms with Crippen molar-refractivity contribution in [2.24, 2.45) is 0 Å². The van der Waals surface area contributed by atoms with E-state index >= 15 is 0 Å². The number of rotatable bonds is 4.